The monoisotopic (exact) mass is 298 g/mol. The summed E-state index contributed by atoms with van der Waals surface area (Å²) in [5, 5.41) is 2.30. The summed E-state index contributed by atoms with van der Waals surface area (Å²) in [5.74, 6) is 0.287. The molecule has 0 saturated carbocycles. The second kappa shape index (κ2) is 5.48. The van der Waals surface area contributed by atoms with E-state index in [1.165, 1.54) is 12.1 Å². The van der Waals surface area contributed by atoms with Crippen LogP contribution in [-0.2, 0) is 4.74 Å². The number of pyridine rings is 1. The van der Waals surface area contributed by atoms with Crippen LogP contribution in [0.2, 0.25) is 0 Å². The summed E-state index contributed by atoms with van der Waals surface area (Å²) in [6.45, 7) is -0.381. The Morgan fingerprint density at radius 1 is 1.41 bits per heavy atom. The van der Waals surface area contributed by atoms with Crippen LogP contribution in [0, 0.1) is 0 Å². The number of nitrogens with two attached hydrogens (primary N) is 2. The zero-order valence-corrected chi connectivity index (χ0v) is 10.7. The first-order chi connectivity index (χ1) is 7.78. The van der Waals surface area contributed by atoms with Gasteiger partial charge in [0.25, 0.3) is 0 Å². The highest BCUT2D eigenvalue weighted by atomic mass is 35.6. The Kier molecular flexibility index (Phi) is 4.50. The lowest BCUT2D eigenvalue weighted by atomic mass is 10.4. The zero-order chi connectivity index (χ0) is 13.1. The van der Waals surface area contributed by atoms with Crippen molar-refractivity contribution >= 4 is 58.2 Å². The number of nitrogens with one attached hydrogen (secondary N) is 1. The van der Waals surface area contributed by atoms with Gasteiger partial charge in [0.2, 0.25) is 3.79 Å². The Balaban J connectivity index is 2.54. The van der Waals surface area contributed by atoms with E-state index in [1.807, 2.05) is 0 Å². The standard InChI is InChI=1S/C8H9Cl3N4O2/c9-8(10,11)3-17-7(16)15-5-2-1-4(12)6(13)14-5/h1-2H,3,12H2,(H3,13,14,15,16). The van der Waals surface area contributed by atoms with Crippen molar-refractivity contribution in [2.75, 3.05) is 23.4 Å². The van der Waals surface area contributed by atoms with Gasteiger partial charge in [0.15, 0.2) is 0 Å². The number of hydrogen-bond acceptors (Lipinski definition) is 5. The summed E-state index contributed by atoms with van der Waals surface area (Å²) in [6, 6.07) is 2.95. The maximum Gasteiger partial charge on any atom is 0.412 e. The molecule has 5 N–H and O–H groups in total. The molecule has 6 nitrogen and oxygen atoms in total. The minimum Gasteiger partial charge on any atom is -0.445 e. The quantitative estimate of drug-likeness (QED) is 0.726. The molecule has 0 atom stereocenters. The number of halogens is 3. The van der Waals surface area contributed by atoms with Crippen molar-refractivity contribution in [2.24, 2.45) is 0 Å². The first-order valence-electron chi connectivity index (χ1n) is 4.30. The third kappa shape index (κ3) is 5.16. The van der Waals surface area contributed by atoms with Crippen LogP contribution in [0.25, 0.3) is 0 Å². The van der Waals surface area contributed by atoms with Gasteiger partial charge in [-0.2, -0.15) is 0 Å². The topological polar surface area (TPSA) is 103 Å². The number of ether oxygens (including phenoxy) is 1. The van der Waals surface area contributed by atoms with Gasteiger partial charge in [-0.15, -0.1) is 0 Å². The number of alkyl halides is 3. The summed E-state index contributed by atoms with van der Waals surface area (Å²) in [7, 11) is 0. The number of hydrogen-bond donors (Lipinski definition) is 3. The lowest BCUT2D eigenvalue weighted by molar-refractivity contribution is 0.164. The highest BCUT2D eigenvalue weighted by molar-refractivity contribution is 6.67. The minimum absolute atomic E-state index is 0.101. The minimum atomic E-state index is -1.66. The van der Waals surface area contributed by atoms with Crippen LogP contribution >= 0.6 is 34.8 Å². The highest BCUT2D eigenvalue weighted by Crippen LogP contribution is 2.26. The van der Waals surface area contributed by atoms with Crippen LogP contribution in [0.4, 0.5) is 22.1 Å². The average molecular weight is 300 g/mol. The van der Waals surface area contributed by atoms with Crippen LogP contribution < -0.4 is 16.8 Å². The first-order valence-corrected chi connectivity index (χ1v) is 5.44. The number of carbonyl (C=O) groups is 1. The van der Waals surface area contributed by atoms with Gasteiger partial charge in [-0.1, -0.05) is 34.8 Å². The zero-order valence-electron chi connectivity index (χ0n) is 8.41. The molecule has 0 saturated heterocycles. The molecular formula is C8H9Cl3N4O2. The van der Waals surface area contributed by atoms with Gasteiger partial charge in [0.05, 0.1) is 5.69 Å². The van der Waals surface area contributed by atoms with Crippen molar-refractivity contribution < 1.29 is 9.53 Å². The first kappa shape index (κ1) is 14.0. The molecular weight excluding hydrogens is 290 g/mol. The van der Waals surface area contributed by atoms with E-state index >= 15 is 0 Å². The number of amides is 1. The number of carbonyl (C=O) groups excluding carboxylic acids is 1. The smallest absolute Gasteiger partial charge is 0.412 e. The molecule has 0 aliphatic carbocycles. The van der Waals surface area contributed by atoms with Crippen LogP contribution in [0.3, 0.4) is 0 Å². The summed E-state index contributed by atoms with van der Waals surface area (Å²) in [6.07, 6.45) is -0.812. The number of aromatic nitrogens is 1. The summed E-state index contributed by atoms with van der Waals surface area (Å²) >= 11 is 16.2. The third-order valence-electron chi connectivity index (χ3n) is 1.55. The molecule has 0 radical (unpaired) electrons. The van der Waals surface area contributed by atoms with E-state index < -0.39 is 9.89 Å². The normalized spacial score (nSPS) is 11.0. The number of nitrogens with zero attached hydrogens (tertiary/aromatic N) is 1. The lowest BCUT2D eigenvalue weighted by Crippen LogP contribution is -2.21. The molecule has 0 spiro atoms. The molecule has 0 unspecified atom stereocenters. The summed E-state index contributed by atoms with van der Waals surface area (Å²) < 4.78 is 2.96. The Bertz CT molecular complexity index is 422. The second-order valence-corrected chi connectivity index (χ2v) is 5.50. The maximum atomic E-state index is 11.2. The van der Waals surface area contributed by atoms with Crippen molar-refractivity contribution in [3.63, 3.8) is 0 Å². The molecule has 0 aliphatic rings. The van der Waals surface area contributed by atoms with Crippen LogP contribution in [0.5, 0.6) is 0 Å². The largest absolute Gasteiger partial charge is 0.445 e. The van der Waals surface area contributed by atoms with Crippen molar-refractivity contribution in [1.82, 2.24) is 4.98 Å². The van der Waals surface area contributed by atoms with E-state index in [-0.39, 0.29) is 18.2 Å². The van der Waals surface area contributed by atoms with Crippen LogP contribution in [-0.4, -0.2) is 21.5 Å². The molecule has 0 aromatic carbocycles. The van der Waals surface area contributed by atoms with Crippen LogP contribution in [0.15, 0.2) is 12.1 Å². The Hall–Kier alpha value is -1.11. The van der Waals surface area contributed by atoms with Crippen molar-refractivity contribution in [2.45, 2.75) is 3.79 Å². The second-order valence-electron chi connectivity index (χ2n) is 2.99. The van der Waals surface area contributed by atoms with Crippen LogP contribution in [0.1, 0.15) is 0 Å². The Morgan fingerprint density at radius 2 is 2.06 bits per heavy atom. The summed E-state index contributed by atoms with van der Waals surface area (Å²) in [5.41, 5.74) is 11.2. The fraction of sp³-hybridized carbons (Fsp3) is 0.250. The van der Waals surface area contributed by atoms with Gasteiger partial charge in [-0.3, -0.25) is 5.32 Å². The molecule has 0 bridgehead atoms. The molecule has 17 heavy (non-hydrogen) atoms. The predicted molar refractivity (Wildman–Crippen MR) is 68.3 cm³/mol. The van der Waals surface area contributed by atoms with Crippen molar-refractivity contribution in [3.8, 4) is 0 Å². The van der Waals surface area contributed by atoms with Crippen molar-refractivity contribution in [3.05, 3.63) is 12.1 Å². The highest BCUT2D eigenvalue weighted by Gasteiger charge is 2.22. The number of anilines is 3. The third-order valence-corrected chi connectivity index (χ3v) is 1.88. The van der Waals surface area contributed by atoms with Crippen molar-refractivity contribution in [1.29, 1.82) is 0 Å². The van der Waals surface area contributed by atoms with Gasteiger partial charge in [0.1, 0.15) is 18.2 Å². The Morgan fingerprint density at radius 3 is 2.59 bits per heavy atom. The van der Waals surface area contributed by atoms with Gasteiger partial charge in [-0.25, -0.2) is 9.78 Å². The molecule has 1 aromatic heterocycles. The molecule has 94 valence electrons. The fourth-order valence-electron chi connectivity index (χ4n) is 0.843. The molecule has 1 amide bonds. The Labute approximate surface area is 112 Å². The van der Waals surface area contributed by atoms with E-state index in [4.69, 9.17) is 46.3 Å². The van der Waals surface area contributed by atoms with E-state index in [9.17, 15) is 4.79 Å². The maximum absolute atomic E-state index is 11.2. The lowest BCUT2D eigenvalue weighted by Gasteiger charge is -2.11. The molecule has 0 aliphatic heterocycles. The number of rotatable bonds is 2. The van der Waals surface area contributed by atoms with E-state index in [1.54, 1.807) is 0 Å². The van der Waals surface area contributed by atoms with E-state index in [2.05, 4.69) is 15.0 Å². The predicted octanol–water partition coefficient (Wildman–Crippen LogP) is 2.16. The van der Waals surface area contributed by atoms with Gasteiger partial charge < -0.3 is 16.2 Å². The van der Waals surface area contributed by atoms with E-state index in [0.29, 0.717) is 5.69 Å². The fourth-order valence-corrected chi connectivity index (χ4v) is 1.01. The molecule has 0 fully saturated rings. The molecule has 1 aromatic rings. The number of nitrogen functional groups attached to an aromatic ring is 2. The van der Waals surface area contributed by atoms with Gasteiger partial charge in [0, 0.05) is 0 Å². The molecule has 9 heteroatoms. The van der Waals surface area contributed by atoms with Gasteiger partial charge in [-0.05, 0) is 12.1 Å². The molecule has 1 rings (SSSR count). The van der Waals surface area contributed by atoms with Gasteiger partial charge >= 0.3 is 6.09 Å². The molecule has 1 heterocycles. The summed E-state index contributed by atoms with van der Waals surface area (Å²) in [4.78, 5) is 15.0. The SMILES string of the molecule is Nc1ccc(NC(=O)OCC(Cl)(Cl)Cl)nc1N. The average Bonchev–Trinajstić information content (AvgIpc) is 2.20. The van der Waals surface area contributed by atoms with E-state index in [0.717, 1.165) is 0 Å².